The molecule has 0 saturated heterocycles. The molecule has 49 heavy (non-hydrogen) atoms. The highest BCUT2D eigenvalue weighted by atomic mass is 32.1. The number of nitrogens with one attached hydrogen (secondary N) is 4. The molecule has 3 rings (SSSR count). The van der Waals surface area contributed by atoms with E-state index in [9.17, 15) is 42.3 Å². The standard InChI is InChI=1S/C33H39F3N6O6S/c1-18(2)26(42-30(47)24-17-49-32(41-24)21-12-8-5-9-13-21)31(48)40-23(16-20-10-6-4-7-11-20)29(46)38-19(3)28(45)39-22(14-15-25(37)43)27(44)33(34,35)36/h4-13,17-19,22-23,26-27,44H,14-16H2,1-3H3,(H2,37,43)(H,38,46)(H,39,45)(H,40,48)(H,42,47). The first-order valence-electron chi connectivity index (χ1n) is 15.4. The molecule has 5 atom stereocenters. The van der Waals surface area contributed by atoms with Crippen molar-refractivity contribution in [3.63, 3.8) is 0 Å². The summed E-state index contributed by atoms with van der Waals surface area (Å²) < 4.78 is 39.7. The number of thiazole rings is 1. The van der Waals surface area contributed by atoms with E-state index in [0.717, 1.165) is 5.56 Å². The summed E-state index contributed by atoms with van der Waals surface area (Å²) in [6.45, 7) is 4.60. The summed E-state index contributed by atoms with van der Waals surface area (Å²) in [6, 6.07) is 12.1. The number of aromatic nitrogens is 1. The van der Waals surface area contributed by atoms with E-state index in [1.165, 1.54) is 18.3 Å². The Bertz CT molecular complexity index is 1590. The molecule has 12 nitrogen and oxygen atoms in total. The summed E-state index contributed by atoms with van der Waals surface area (Å²) in [5.41, 5.74) is 6.59. The number of alkyl halides is 3. The number of aliphatic hydroxyl groups excluding tert-OH is 1. The summed E-state index contributed by atoms with van der Waals surface area (Å²) in [4.78, 5) is 68.6. The first-order valence-corrected chi connectivity index (χ1v) is 16.2. The van der Waals surface area contributed by atoms with Gasteiger partial charge in [-0.25, -0.2) is 4.98 Å². The largest absolute Gasteiger partial charge is 0.416 e. The number of carbonyl (C=O) groups excluding carboxylic acids is 5. The van der Waals surface area contributed by atoms with Crippen molar-refractivity contribution in [2.45, 2.75) is 76.5 Å². The second kappa shape index (κ2) is 17.5. The molecular formula is C33H39F3N6O6S. The van der Waals surface area contributed by atoms with E-state index in [1.54, 1.807) is 49.6 Å². The zero-order valence-electron chi connectivity index (χ0n) is 27.0. The third-order valence-corrected chi connectivity index (χ3v) is 8.30. The molecule has 2 aromatic carbocycles. The molecule has 0 saturated carbocycles. The van der Waals surface area contributed by atoms with E-state index in [-0.39, 0.29) is 12.1 Å². The van der Waals surface area contributed by atoms with Gasteiger partial charge in [-0.1, -0.05) is 74.5 Å². The summed E-state index contributed by atoms with van der Waals surface area (Å²) in [6.07, 6.45) is -9.30. The Morgan fingerprint density at radius 2 is 1.47 bits per heavy atom. The average Bonchev–Trinajstić information content (AvgIpc) is 3.55. The Kier molecular flexibility index (Phi) is 13.8. The van der Waals surface area contributed by atoms with Crippen molar-refractivity contribution in [3.8, 4) is 10.6 Å². The molecule has 0 aliphatic heterocycles. The van der Waals surface area contributed by atoms with Crippen molar-refractivity contribution in [1.82, 2.24) is 26.3 Å². The Morgan fingerprint density at radius 3 is 2.04 bits per heavy atom. The summed E-state index contributed by atoms with van der Waals surface area (Å²) in [7, 11) is 0. The summed E-state index contributed by atoms with van der Waals surface area (Å²) in [5.74, 6) is -4.59. The monoisotopic (exact) mass is 704 g/mol. The highest BCUT2D eigenvalue weighted by Crippen LogP contribution is 2.25. The Labute approximate surface area is 285 Å². The van der Waals surface area contributed by atoms with E-state index < -0.39 is 84.7 Å². The topological polar surface area (TPSA) is 193 Å². The molecule has 1 heterocycles. The third kappa shape index (κ3) is 11.7. The van der Waals surface area contributed by atoms with Crippen LogP contribution in [-0.4, -0.2) is 76.1 Å². The van der Waals surface area contributed by atoms with Crippen molar-refractivity contribution in [2.75, 3.05) is 0 Å². The zero-order chi connectivity index (χ0) is 36.3. The number of carbonyl (C=O) groups is 5. The fourth-order valence-electron chi connectivity index (χ4n) is 4.68. The van der Waals surface area contributed by atoms with Crippen LogP contribution >= 0.6 is 11.3 Å². The van der Waals surface area contributed by atoms with Gasteiger partial charge >= 0.3 is 6.18 Å². The quantitative estimate of drug-likeness (QED) is 0.132. The maximum absolute atomic E-state index is 13.6. The van der Waals surface area contributed by atoms with Crippen LogP contribution in [0.25, 0.3) is 10.6 Å². The lowest BCUT2D eigenvalue weighted by atomic mass is 10.0. The molecule has 0 aliphatic carbocycles. The number of hydrogen-bond acceptors (Lipinski definition) is 8. The van der Waals surface area contributed by atoms with Crippen molar-refractivity contribution in [1.29, 1.82) is 0 Å². The van der Waals surface area contributed by atoms with Crippen LogP contribution in [0.15, 0.2) is 66.0 Å². The molecular weight excluding hydrogens is 665 g/mol. The van der Waals surface area contributed by atoms with E-state index in [0.29, 0.717) is 10.6 Å². The van der Waals surface area contributed by atoms with Gasteiger partial charge in [0.25, 0.3) is 5.91 Å². The maximum Gasteiger partial charge on any atom is 0.416 e. The smallest absolute Gasteiger partial charge is 0.382 e. The van der Waals surface area contributed by atoms with Gasteiger partial charge in [0.1, 0.15) is 28.8 Å². The van der Waals surface area contributed by atoms with Gasteiger partial charge in [-0.15, -0.1) is 11.3 Å². The van der Waals surface area contributed by atoms with Crippen molar-refractivity contribution in [3.05, 3.63) is 77.3 Å². The first kappa shape index (κ1) is 38.6. The van der Waals surface area contributed by atoms with Crippen molar-refractivity contribution in [2.24, 2.45) is 11.7 Å². The van der Waals surface area contributed by atoms with Gasteiger partial charge in [0.2, 0.25) is 23.6 Å². The highest BCUT2D eigenvalue weighted by molar-refractivity contribution is 7.13. The van der Waals surface area contributed by atoms with E-state index in [1.807, 2.05) is 35.6 Å². The molecule has 1 aromatic heterocycles. The van der Waals surface area contributed by atoms with Gasteiger partial charge in [0, 0.05) is 23.8 Å². The lowest BCUT2D eigenvalue weighted by Gasteiger charge is -2.28. The minimum Gasteiger partial charge on any atom is -0.382 e. The second-order valence-corrected chi connectivity index (χ2v) is 12.5. The third-order valence-electron chi connectivity index (χ3n) is 7.41. The number of nitrogens with two attached hydrogens (primary N) is 1. The van der Waals surface area contributed by atoms with E-state index in [2.05, 4.69) is 20.9 Å². The SMILES string of the molecule is CC(NC(=O)C(Cc1ccccc1)NC(=O)C(NC(=O)c1csc(-c2ccccc2)n1)C(C)C)C(=O)NC(CCC(N)=O)C(O)C(F)(F)F. The Balaban J connectivity index is 1.74. The molecule has 0 aliphatic rings. The van der Waals surface area contributed by atoms with Crippen LogP contribution in [0.2, 0.25) is 0 Å². The number of hydrogen-bond donors (Lipinski definition) is 6. The van der Waals surface area contributed by atoms with E-state index in [4.69, 9.17) is 5.73 Å². The average molecular weight is 705 g/mol. The molecule has 0 bridgehead atoms. The molecule has 264 valence electrons. The molecule has 0 spiro atoms. The minimum absolute atomic E-state index is 0.0357. The number of halogens is 3. The lowest BCUT2D eigenvalue weighted by Crippen LogP contribution is -2.59. The first-order chi connectivity index (χ1) is 23.1. The molecule has 16 heteroatoms. The number of rotatable bonds is 16. The van der Waals surface area contributed by atoms with Crippen LogP contribution in [0, 0.1) is 5.92 Å². The van der Waals surface area contributed by atoms with Crippen LogP contribution in [0.4, 0.5) is 13.2 Å². The fraction of sp³-hybridized carbons (Fsp3) is 0.394. The Hall–Kier alpha value is -4.83. The number of primary amides is 1. The predicted molar refractivity (Wildman–Crippen MR) is 176 cm³/mol. The summed E-state index contributed by atoms with van der Waals surface area (Å²) in [5, 5.41) is 21.7. The number of aliphatic hydroxyl groups is 1. The van der Waals surface area contributed by atoms with Crippen molar-refractivity contribution >= 4 is 40.9 Å². The van der Waals surface area contributed by atoms with Crippen LogP contribution < -0.4 is 27.0 Å². The van der Waals surface area contributed by atoms with E-state index >= 15 is 0 Å². The van der Waals surface area contributed by atoms with Crippen LogP contribution in [0.3, 0.4) is 0 Å². The molecule has 3 aromatic rings. The predicted octanol–water partition coefficient (Wildman–Crippen LogP) is 2.47. The van der Waals surface area contributed by atoms with Gasteiger partial charge in [-0.2, -0.15) is 13.2 Å². The number of nitrogens with zero attached hydrogens (tertiary/aromatic N) is 1. The molecule has 5 amide bonds. The number of benzene rings is 2. The molecule has 0 fully saturated rings. The van der Waals surface area contributed by atoms with Crippen LogP contribution in [0.1, 0.15) is 49.7 Å². The molecule has 0 radical (unpaired) electrons. The molecule has 5 unspecified atom stereocenters. The normalized spacial score (nSPS) is 14.5. The zero-order valence-corrected chi connectivity index (χ0v) is 27.8. The van der Waals surface area contributed by atoms with Gasteiger partial charge in [-0.05, 0) is 24.8 Å². The van der Waals surface area contributed by atoms with Gasteiger partial charge in [0.05, 0.1) is 6.04 Å². The molecule has 7 N–H and O–H groups in total. The second-order valence-electron chi connectivity index (χ2n) is 11.7. The van der Waals surface area contributed by atoms with Gasteiger partial charge in [-0.3, -0.25) is 24.0 Å². The van der Waals surface area contributed by atoms with Crippen LogP contribution in [-0.2, 0) is 25.6 Å². The van der Waals surface area contributed by atoms with Gasteiger partial charge in [0.15, 0.2) is 6.10 Å². The fourth-order valence-corrected chi connectivity index (χ4v) is 5.49. The number of amides is 5. The van der Waals surface area contributed by atoms with Gasteiger partial charge < -0.3 is 32.1 Å². The summed E-state index contributed by atoms with van der Waals surface area (Å²) >= 11 is 1.26. The Morgan fingerprint density at radius 1 is 0.857 bits per heavy atom. The van der Waals surface area contributed by atoms with Crippen LogP contribution in [0.5, 0.6) is 0 Å². The highest BCUT2D eigenvalue weighted by Gasteiger charge is 2.44. The van der Waals surface area contributed by atoms with Crippen molar-refractivity contribution < 1.29 is 42.3 Å². The minimum atomic E-state index is -5.11. The maximum atomic E-state index is 13.6. The lowest BCUT2D eigenvalue weighted by molar-refractivity contribution is -0.212.